The minimum atomic E-state index is -2.99. The predicted octanol–water partition coefficient (Wildman–Crippen LogP) is 7.30. The third-order valence-electron chi connectivity index (χ3n) is 4.15. The monoisotopic (exact) mass is 510 g/mol. The molecule has 7 heteroatoms. The third kappa shape index (κ3) is 9.82. The highest BCUT2D eigenvalue weighted by molar-refractivity contribution is 7.03. The van der Waals surface area contributed by atoms with Crippen LogP contribution in [0, 0.1) is 0 Å². The standard InChI is InChI=1S/C21H34O3Si4.4CH4/c1-9-26(5,6)23-28(20-16-12-10-13-17-20,21-18-14-11-15-19-21)24-27(7,8)22-25(2,3)4;;;;/h9-19H,1H2,2-8H3;4*1H4. The van der Waals surface area contributed by atoms with Gasteiger partial charge in [-0.05, 0) is 56.2 Å². The summed E-state index contributed by atoms with van der Waals surface area (Å²) in [7, 11) is -9.38. The zero-order valence-corrected chi connectivity index (χ0v) is 22.3. The second kappa shape index (κ2) is 13.6. The van der Waals surface area contributed by atoms with Gasteiger partial charge in [-0.1, -0.05) is 96.1 Å². The van der Waals surface area contributed by atoms with Crippen molar-refractivity contribution < 1.29 is 12.3 Å². The molecule has 0 saturated heterocycles. The Kier molecular flexibility index (Phi) is 15.1. The van der Waals surface area contributed by atoms with E-state index in [9.17, 15) is 0 Å². The lowest BCUT2D eigenvalue weighted by molar-refractivity contribution is 0.344. The average Bonchev–Trinajstić information content (AvgIpc) is 2.60. The van der Waals surface area contributed by atoms with Gasteiger partial charge in [-0.3, -0.25) is 0 Å². The van der Waals surface area contributed by atoms with Crippen LogP contribution in [0.5, 0.6) is 0 Å². The van der Waals surface area contributed by atoms with Crippen molar-refractivity contribution in [2.75, 3.05) is 0 Å². The molecule has 0 radical (unpaired) electrons. The first-order valence-electron chi connectivity index (χ1n) is 9.74. The molecule has 2 rings (SSSR count). The summed E-state index contributed by atoms with van der Waals surface area (Å²) in [6, 6.07) is 20.8. The molecule has 0 saturated carbocycles. The quantitative estimate of drug-likeness (QED) is 0.331. The fourth-order valence-corrected chi connectivity index (χ4v) is 19.8. The van der Waals surface area contributed by atoms with E-state index in [-0.39, 0.29) is 29.7 Å². The molecule has 0 atom stereocenters. The molecule has 0 amide bonds. The lowest BCUT2D eigenvalue weighted by atomic mass is 10.4. The lowest BCUT2D eigenvalue weighted by Crippen LogP contribution is -2.71. The third-order valence-corrected chi connectivity index (χ3v) is 18.1. The van der Waals surface area contributed by atoms with Crippen LogP contribution in [0.4, 0.5) is 0 Å². The highest BCUT2D eigenvalue weighted by atomic mass is 28.5. The summed E-state index contributed by atoms with van der Waals surface area (Å²) in [4.78, 5) is 0. The number of benzene rings is 2. The average molecular weight is 511 g/mol. The van der Waals surface area contributed by atoms with Crippen molar-refractivity contribution in [3.63, 3.8) is 0 Å². The summed E-state index contributed by atoms with van der Waals surface area (Å²) < 4.78 is 20.6. The van der Waals surface area contributed by atoms with E-state index in [2.05, 4.69) is 101 Å². The predicted molar refractivity (Wildman–Crippen MR) is 157 cm³/mol. The zero-order valence-electron chi connectivity index (χ0n) is 18.3. The van der Waals surface area contributed by atoms with Crippen LogP contribution in [0.2, 0.25) is 45.8 Å². The van der Waals surface area contributed by atoms with Crippen molar-refractivity contribution in [2.45, 2.75) is 75.5 Å². The highest BCUT2D eigenvalue weighted by Gasteiger charge is 2.51. The molecule has 0 bridgehead atoms. The van der Waals surface area contributed by atoms with Gasteiger partial charge in [0.2, 0.25) is 8.32 Å². The zero-order chi connectivity index (χ0) is 21.1. The molecule has 2 aromatic carbocycles. The lowest BCUT2D eigenvalue weighted by Gasteiger charge is -2.43. The Morgan fingerprint density at radius 2 is 0.969 bits per heavy atom. The van der Waals surface area contributed by atoms with Gasteiger partial charge in [0.1, 0.15) is 0 Å². The summed E-state index contributed by atoms with van der Waals surface area (Å²) in [5.41, 5.74) is 1.98. The van der Waals surface area contributed by atoms with Crippen LogP contribution in [0.25, 0.3) is 0 Å². The van der Waals surface area contributed by atoms with Gasteiger partial charge in [-0.15, -0.1) is 6.58 Å². The summed E-state index contributed by atoms with van der Waals surface area (Å²) in [5, 5.41) is 2.23. The maximum Gasteiger partial charge on any atom is 0.388 e. The van der Waals surface area contributed by atoms with Crippen molar-refractivity contribution in [1.29, 1.82) is 0 Å². The van der Waals surface area contributed by atoms with Gasteiger partial charge < -0.3 is 12.3 Å². The van der Waals surface area contributed by atoms with Crippen molar-refractivity contribution in [1.82, 2.24) is 0 Å². The van der Waals surface area contributed by atoms with Crippen LogP contribution in [0.15, 0.2) is 72.9 Å². The number of hydrogen-bond acceptors (Lipinski definition) is 3. The Morgan fingerprint density at radius 1 is 0.594 bits per heavy atom. The maximum atomic E-state index is 7.07. The Bertz CT molecular complexity index is 733. The minimum Gasteiger partial charge on any atom is -0.437 e. The van der Waals surface area contributed by atoms with E-state index in [1.807, 2.05) is 17.8 Å². The first-order valence-corrected chi connectivity index (χ1v) is 20.8. The van der Waals surface area contributed by atoms with Gasteiger partial charge in [0.15, 0.2) is 8.32 Å². The molecule has 0 spiro atoms. The summed E-state index contributed by atoms with van der Waals surface area (Å²) in [6.45, 7) is 19.3. The normalized spacial score (nSPS) is 11.7. The number of hydrogen-bond donors (Lipinski definition) is 0. The van der Waals surface area contributed by atoms with Gasteiger partial charge >= 0.3 is 17.1 Å². The molecule has 184 valence electrons. The number of rotatable bonds is 9. The molecule has 0 fully saturated rings. The summed E-state index contributed by atoms with van der Waals surface area (Å²) in [6.07, 6.45) is 0. The first kappa shape index (κ1) is 35.5. The Morgan fingerprint density at radius 3 is 1.28 bits per heavy atom. The summed E-state index contributed by atoms with van der Waals surface area (Å²) in [5.74, 6) is 0. The fourth-order valence-electron chi connectivity index (χ4n) is 3.25. The van der Waals surface area contributed by atoms with E-state index < -0.39 is 33.8 Å². The fraction of sp³-hybridized carbons (Fsp3) is 0.440. The van der Waals surface area contributed by atoms with Crippen LogP contribution < -0.4 is 10.4 Å². The van der Waals surface area contributed by atoms with E-state index >= 15 is 0 Å². The topological polar surface area (TPSA) is 27.7 Å². The van der Waals surface area contributed by atoms with Crippen LogP contribution >= 0.6 is 0 Å². The van der Waals surface area contributed by atoms with Crippen LogP contribution in [-0.4, -0.2) is 33.8 Å². The first-order chi connectivity index (χ1) is 12.9. The van der Waals surface area contributed by atoms with Crippen molar-refractivity contribution >= 4 is 44.1 Å². The summed E-state index contributed by atoms with van der Waals surface area (Å²) >= 11 is 0. The Labute approximate surface area is 204 Å². The second-order valence-corrected chi connectivity index (χ2v) is 24.5. The molecule has 32 heavy (non-hydrogen) atoms. The minimum absolute atomic E-state index is 0. The second-order valence-electron chi connectivity index (χ2n) is 8.97. The maximum absolute atomic E-state index is 7.07. The van der Waals surface area contributed by atoms with Gasteiger partial charge in [0.25, 0.3) is 0 Å². The molecular formula is C25H50O3Si4. The van der Waals surface area contributed by atoms with Crippen LogP contribution in [-0.2, 0) is 12.3 Å². The molecule has 3 nitrogen and oxygen atoms in total. The highest BCUT2D eigenvalue weighted by Crippen LogP contribution is 2.24. The molecular weight excluding hydrogens is 461 g/mol. The SMILES string of the molecule is C.C.C.C.C=C[Si](C)(C)O[Si](O[Si](C)(C)O[Si](C)(C)C)(c1ccccc1)c1ccccc1. The van der Waals surface area contributed by atoms with E-state index in [0.29, 0.717) is 0 Å². The van der Waals surface area contributed by atoms with E-state index in [4.69, 9.17) is 12.3 Å². The Balaban J connectivity index is -0.00000210. The van der Waals surface area contributed by atoms with Gasteiger partial charge in [-0.25, -0.2) is 0 Å². The van der Waals surface area contributed by atoms with Crippen molar-refractivity contribution in [2.24, 2.45) is 0 Å². The molecule has 0 aliphatic carbocycles. The molecule has 0 N–H and O–H groups in total. The van der Waals surface area contributed by atoms with E-state index in [0.717, 1.165) is 10.4 Å². The van der Waals surface area contributed by atoms with Crippen LogP contribution in [0.3, 0.4) is 0 Å². The molecule has 0 aliphatic rings. The van der Waals surface area contributed by atoms with Crippen molar-refractivity contribution in [3.8, 4) is 0 Å². The van der Waals surface area contributed by atoms with Crippen LogP contribution in [0.1, 0.15) is 29.7 Å². The molecule has 0 unspecified atom stereocenters. The van der Waals surface area contributed by atoms with E-state index in [1.165, 1.54) is 0 Å². The van der Waals surface area contributed by atoms with Gasteiger partial charge in [0, 0.05) is 0 Å². The van der Waals surface area contributed by atoms with Gasteiger partial charge in [0.05, 0.1) is 0 Å². The largest absolute Gasteiger partial charge is 0.437 e. The molecule has 2 aromatic rings. The molecule has 0 heterocycles. The molecule has 0 aliphatic heterocycles. The van der Waals surface area contributed by atoms with E-state index in [1.54, 1.807) is 0 Å². The van der Waals surface area contributed by atoms with Crippen molar-refractivity contribution in [3.05, 3.63) is 72.9 Å². The smallest absolute Gasteiger partial charge is 0.388 e. The Hall–Kier alpha value is -1.07. The van der Waals surface area contributed by atoms with Gasteiger partial charge in [-0.2, -0.15) is 0 Å². The molecule has 0 aromatic heterocycles.